The molecule has 0 radical (unpaired) electrons. The third-order valence-electron chi connectivity index (χ3n) is 4.06. The Balaban J connectivity index is 1.90. The van der Waals surface area contributed by atoms with E-state index < -0.39 is 0 Å². The van der Waals surface area contributed by atoms with Crippen LogP contribution in [-0.2, 0) is 0 Å². The Bertz CT molecular complexity index is 921. The summed E-state index contributed by atoms with van der Waals surface area (Å²) in [6.45, 7) is 2.08. The second-order valence-corrected chi connectivity index (χ2v) is 5.94. The van der Waals surface area contributed by atoms with Crippen LogP contribution in [0.3, 0.4) is 0 Å². The van der Waals surface area contributed by atoms with Gasteiger partial charge in [0.05, 0.1) is 11.4 Å². The largest absolute Gasteiger partial charge is 0.264 e. The molecule has 0 aliphatic heterocycles. The highest BCUT2D eigenvalue weighted by molar-refractivity contribution is 5.71. The van der Waals surface area contributed by atoms with Gasteiger partial charge in [0.25, 0.3) is 0 Å². The summed E-state index contributed by atoms with van der Waals surface area (Å²) in [7, 11) is 0. The Hall–Kier alpha value is -3.33. The fraction of sp³-hybridized carbons (Fsp3) is 0.0455. The number of hydrogen-bond donors (Lipinski definition) is 0. The second kappa shape index (κ2) is 6.65. The molecule has 25 heavy (non-hydrogen) atoms. The van der Waals surface area contributed by atoms with E-state index in [1.165, 1.54) is 5.56 Å². The van der Waals surface area contributed by atoms with Gasteiger partial charge in [-0.15, -0.1) is 0 Å². The standard InChI is InChI=1S/C22H17N3/c1-16-9-11-17(12-10-16)20-14-21(19-8-5-13-23-15-19)25-22(24-20)18-6-3-2-4-7-18/h2-15H,1H3. The van der Waals surface area contributed by atoms with Crippen molar-refractivity contribution in [1.82, 2.24) is 15.0 Å². The van der Waals surface area contributed by atoms with Gasteiger partial charge in [0, 0.05) is 29.1 Å². The maximum Gasteiger partial charge on any atom is 0.160 e. The molecule has 120 valence electrons. The van der Waals surface area contributed by atoms with Crippen molar-refractivity contribution < 1.29 is 0 Å². The number of hydrogen-bond acceptors (Lipinski definition) is 3. The lowest BCUT2D eigenvalue weighted by molar-refractivity contribution is 1.18. The van der Waals surface area contributed by atoms with Crippen LogP contribution in [-0.4, -0.2) is 15.0 Å². The van der Waals surface area contributed by atoms with E-state index in [9.17, 15) is 0 Å². The van der Waals surface area contributed by atoms with Crippen molar-refractivity contribution in [2.24, 2.45) is 0 Å². The van der Waals surface area contributed by atoms with Gasteiger partial charge in [-0.3, -0.25) is 4.98 Å². The number of nitrogens with zero attached hydrogens (tertiary/aromatic N) is 3. The third-order valence-corrected chi connectivity index (χ3v) is 4.06. The zero-order valence-electron chi connectivity index (χ0n) is 13.9. The molecule has 0 atom stereocenters. The molecule has 2 heterocycles. The molecule has 4 rings (SSSR count). The molecule has 4 aromatic rings. The Kier molecular flexibility index (Phi) is 4.05. The van der Waals surface area contributed by atoms with E-state index in [2.05, 4.69) is 36.2 Å². The maximum absolute atomic E-state index is 4.80. The molecular formula is C22H17N3. The van der Waals surface area contributed by atoms with Crippen LogP contribution in [0.2, 0.25) is 0 Å². The average Bonchev–Trinajstić information content (AvgIpc) is 2.69. The molecule has 0 amide bonds. The average molecular weight is 323 g/mol. The van der Waals surface area contributed by atoms with Gasteiger partial charge in [-0.1, -0.05) is 60.2 Å². The second-order valence-electron chi connectivity index (χ2n) is 5.94. The summed E-state index contributed by atoms with van der Waals surface area (Å²) in [6.07, 6.45) is 3.60. The molecule has 0 aliphatic rings. The summed E-state index contributed by atoms with van der Waals surface area (Å²) < 4.78 is 0. The van der Waals surface area contributed by atoms with Gasteiger partial charge in [0.15, 0.2) is 5.82 Å². The third kappa shape index (κ3) is 3.31. The molecule has 0 N–H and O–H groups in total. The first kappa shape index (κ1) is 15.2. The highest BCUT2D eigenvalue weighted by atomic mass is 14.9. The molecule has 2 aromatic heterocycles. The Morgan fingerprint density at radius 2 is 1.32 bits per heavy atom. The number of rotatable bonds is 3. The van der Waals surface area contributed by atoms with Crippen molar-refractivity contribution in [2.45, 2.75) is 6.92 Å². The van der Waals surface area contributed by atoms with Crippen molar-refractivity contribution in [3.05, 3.63) is 90.8 Å². The van der Waals surface area contributed by atoms with Crippen LogP contribution in [0.15, 0.2) is 85.2 Å². The lowest BCUT2D eigenvalue weighted by atomic mass is 10.1. The van der Waals surface area contributed by atoms with Crippen molar-refractivity contribution in [2.75, 3.05) is 0 Å². The molecule has 3 nitrogen and oxygen atoms in total. The first-order valence-electron chi connectivity index (χ1n) is 8.21. The number of benzene rings is 2. The minimum absolute atomic E-state index is 0.720. The molecule has 0 bridgehead atoms. The Labute approximate surface area is 147 Å². The highest BCUT2D eigenvalue weighted by Crippen LogP contribution is 2.27. The van der Waals surface area contributed by atoms with Gasteiger partial charge in [0.2, 0.25) is 0 Å². The van der Waals surface area contributed by atoms with Crippen molar-refractivity contribution >= 4 is 0 Å². The molecule has 0 fully saturated rings. The van der Waals surface area contributed by atoms with Crippen LogP contribution >= 0.6 is 0 Å². The van der Waals surface area contributed by atoms with Crippen molar-refractivity contribution in [1.29, 1.82) is 0 Å². The van der Waals surface area contributed by atoms with E-state index in [0.717, 1.165) is 33.9 Å². The zero-order valence-corrected chi connectivity index (χ0v) is 13.9. The molecule has 0 spiro atoms. The van der Waals surface area contributed by atoms with Crippen LogP contribution in [0.1, 0.15) is 5.56 Å². The maximum atomic E-state index is 4.80. The summed E-state index contributed by atoms with van der Waals surface area (Å²) in [5.41, 5.74) is 6.08. The molecule has 0 saturated heterocycles. The normalized spacial score (nSPS) is 10.6. The molecule has 0 aliphatic carbocycles. The number of aryl methyl sites for hydroxylation is 1. The van der Waals surface area contributed by atoms with Crippen molar-refractivity contribution in [3.8, 4) is 33.9 Å². The minimum atomic E-state index is 0.720. The quantitative estimate of drug-likeness (QED) is 0.521. The first-order valence-corrected chi connectivity index (χ1v) is 8.21. The summed E-state index contributed by atoms with van der Waals surface area (Å²) in [5.74, 6) is 0.720. The van der Waals surface area contributed by atoms with E-state index in [1.54, 1.807) is 6.20 Å². The zero-order chi connectivity index (χ0) is 17.1. The Morgan fingerprint density at radius 3 is 2.00 bits per heavy atom. The smallest absolute Gasteiger partial charge is 0.160 e. The predicted molar refractivity (Wildman–Crippen MR) is 101 cm³/mol. The number of aromatic nitrogens is 3. The summed E-state index contributed by atoms with van der Waals surface area (Å²) in [4.78, 5) is 13.8. The molecule has 2 aromatic carbocycles. The summed E-state index contributed by atoms with van der Waals surface area (Å²) >= 11 is 0. The van der Waals surface area contributed by atoms with Crippen molar-refractivity contribution in [3.63, 3.8) is 0 Å². The van der Waals surface area contributed by atoms with Gasteiger partial charge < -0.3 is 0 Å². The van der Waals surface area contributed by atoms with E-state index in [4.69, 9.17) is 9.97 Å². The van der Waals surface area contributed by atoms with Gasteiger partial charge in [0.1, 0.15) is 0 Å². The van der Waals surface area contributed by atoms with E-state index in [0.29, 0.717) is 0 Å². The SMILES string of the molecule is Cc1ccc(-c2cc(-c3cccnc3)nc(-c3ccccc3)n2)cc1. The van der Waals surface area contributed by atoms with E-state index in [-0.39, 0.29) is 0 Å². The first-order chi connectivity index (χ1) is 12.3. The fourth-order valence-corrected chi connectivity index (χ4v) is 2.70. The molecule has 0 saturated carbocycles. The topological polar surface area (TPSA) is 38.7 Å². The van der Waals surface area contributed by atoms with Crippen LogP contribution < -0.4 is 0 Å². The van der Waals surface area contributed by atoms with Gasteiger partial charge in [-0.05, 0) is 25.1 Å². The van der Waals surface area contributed by atoms with E-state index in [1.807, 2.05) is 54.7 Å². The highest BCUT2D eigenvalue weighted by Gasteiger charge is 2.10. The van der Waals surface area contributed by atoms with Crippen LogP contribution in [0, 0.1) is 6.92 Å². The lowest BCUT2D eigenvalue weighted by Crippen LogP contribution is -1.96. The van der Waals surface area contributed by atoms with Crippen LogP contribution in [0.25, 0.3) is 33.9 Å². The Morgan fingerprint density at radius 1 is 0.640 bits per heavy atom. The van der Waals surface area contributed by atoms with Gasteiger partial charge >= 0.3 is 0 Å². The monoisotopic (exact) mass is 323 g/mol. The fourth-order valence-electron chi connectivity index (χ4n) is 2.70. The van der Waals surface area contributed by atoms with E-state index >= 15 is 0 Å². The van der Waals surface area contributed by atoms with Gasteiger partial charge in [-0.25, -0.2) is 9.97 Å². The molecule has 0 unspecified atom stereocenters. The van der Waals surface area contributed by atoms with Gasteiger partial charge in [-0.2, -0.15) is 0 Å². The molecule has 3 heteroatoms. The van der Waals surface area contributed by atoms with Crippen LogP contribution in [0.4, 0.5) is 0 Å². The summed E-state index contributed by atoms with van der Waals surface area (Å²) in [5, 5.41) is 0. The molecular weight excluding hydrogens is 306 g/mol. The lowest BCUT2D eigenvalue weighted by Gasteiger charge is -2.09. The number of pyridine rings is 1. The predicted octanol–water partition coefficient (Wildman–Crippen LogP) is 5.18. The summed E-state index contributed by atoms with van der Waals surface area (Å²) in [6, 6.07) is 24.4. The minimum Gasteiger partial charge on any atom is -0.264 e. The van der Waals surface area contributed by atoms with Crippen LogP contribution in [0.5, 0.6) is 0 Å².